The molecule has 2 heterocycles. The number of likely N-dealkylation sites (N-methyl/N-ethyl adjacent to an activating group) is 1. The first kappa shape index (κ1) is 12.8. The van der Waals surface area contributed by atoms with E-state index in [4.69, 9.17) is 0 Å². The zero-order valence-corrected chi connectivity index (χ0v) is 10.8. The maximum Gasteiger partial charge on any atom is 0.246 e. The van der Waals surface area contributed by atoms with Crippen molar-refractivity contribution in [2.24, 2.45) is 0 Å². The molecular formula is C13H19N3O2. The second kappa shape index (κ2) is 5.35. The van der Waals surface area contributed by atoms with Crippen LogP contribution in [-0.4, -0.2) is 34.4 Å². The maximum atomic E-state index is 11.9. The monoisotopic (exact) mass is 249 g/mol. The van der Waals surface area contributed by atoms with Crippen molar-refractivity contribution in [3.8, 4) is 0 Å². The van der Waals surface area contributed by atoms with Crippen LogP contribution in [0, 0.1) is 0 Å². The third-order valence-corrected chi connectivity index (χ3v) is 3.38. The zero-order valence-electron chi connectivity index (χ0n) is 10.8. The molecule has 0 spiro atoms. The van der Waals surface area contributed by atoms with Gasteiger partial charge < -0.3 is 9.88 Å². The van der Waals surface area contributed by atoms with Crippen molar-refractivity contribution in [3.63, 3.8) is 0 Å². The highest BCUT2D eigenvalue weighted by atomic mass is 16.2. The first-order valence-electron chi connectivity index (χ1n) is 6.30. The van der Waals surface area contributed by atoms with Crippen LogP contribution in [0.25, 0.3) is 0 Å². The average Bonchev–Trinajstić information content (AvgIpc) is 2.83. The maximum absolute atomic E-state index is 11.9. The van der Waals surface area contributed by atoms with Crippen LogP contribution < -0.4 is 5.32 Å². The summed E-state index contributed by atoms with van der Waals surface area (Å²) in [5, 5.41) is 3.22. The summed E-state index contributed by atoms with van der Waals surface area (Å²) in [6.07, 6.45) is 5.12. The average molecular weight is 249 g/mol. The molecule has 2 amide bonds. The van der Waals surface area contributed by atoms with Crippen LogP contribution in [-0.2, 0) is 22.7 Å². The van der Waals surface area contributed by atoms with Gasteiger partial charge in [0.25, 0.3) is 0 Å². The molecule has 1 saturated heterocycles. The molecule has 5 nitrogen and oxygen atoms in total. The second-order valence-corrected chi connectivity index (χ2v) is 4.61. The number of hydrogen-bond donors (Lipinski definition) is 1. The van der Waals surface area contributed by atoms with E-state index in [2.05, 4.69) is 23.0 Å². The summed E-state index contributed by atoms with van der Waals surface area (Å²) in [4.78, 5) is 24.4. The van der Waals surface area contributed by atoms with E-state index in [1.807, 2.05) is 12.3 Å². The zero-order chi connectivity index (χ0) is 13.1. The van der Waals surface area contributed by atoms with Gasteiger partial charge in [-0.2, -0.15) is 0 Å². The molecule has 1 N–H and O–H groups in total. The molecule has 18 heavy (non-hydrogen) atoms. The van der Waals surface area contributed by atoms with E-state index >= 15 is 0 Å². The van der Waals surface area contributed by atoms with Gasteiger partial charge in [0.1, 0.15) is 0 Å². The predicted octanol–water partition coefficient (Wildman–Crippen LogP) is 0.745. The van der Waals surface area contributed by atoms with E-state index < -0.39 is 0 Å². The van der Waals surface area contributed by atoms with Crippen LogP contribution in [0.5, 0.6) is 0 Å². The molecule has 98 valence electrons. The van der Waals surface area contributed by atoms with Crippen LogP contribution in [0.15, 0.2) is 18.5 Å². The number of nitrogens with one attached hydrogen (secondary N) is 1. The van der Waals surface area contributed by atoms with Crippen molar-refractivity contribution in [2.45, 2.75) is 38.9 Å². The molecular weight excluding hydrogens is 230 g/mol. The van der Waals surface area contributed by atoms with Crippen LogP contribution in [0.3, 0.4) is 0 Å². The molecule has 1 aromatic rings. The van der Waals surface area contributed by atoms with Gasteiger partial charge in [0, 0.05) is 39.0 Å². The Morgan fingerprint density at radius 2 is 2.22 bits per heavy atom. The van der Waals surface area contributed by atoms with Gasteiger partial charge in [0.2, 0.25) is 11.8 Å². The molecule has 1 aliphatic heterocycles. The van der Waals surface area contributed by atoms with Crippen molar-refractivity contribution < 1.29 is 9.59 Å². The Hall–Kier alpha value is -1.62. The summed E-state index contributed by atoms with van der Waals surface area (Å²) in [7, 11) is 1.55. The van der Waals surface area contributed by atoms with Gasteiger partial charge in [-0.1, -0.05) is 0 Å². The number of piperidine rings is 1. The number of hydrogen-bond acceptors (Lipinski definition) is 3. The molecule has 1 unspecified atom stereocenters. The number of carbonyl (C=O) groups excluding carboxylic acids is 2. The number of amides is 2. The summed E-state index contributed by atoms with van der Waals surface area (Å²) in [5.74, 6) is -0.212. The summed E-state index contributed by atoms with van der Waals surface area (Å²) < 4.78 is 2.09. The minimum atomic E-state index is -0.238. The van der Waals surface area contributed by atoms with Gasteiger partial charge in [-0.05, 0) is 25.0 Å². The number of nitrogens with zero attached hydrogens (tertiary/aromatic N) is 2. The topological polar surface area (TPSA) is 54.3 Å². The molecule has 1 atom stereocenters. The number of carbonyl (C=O) groups is 2. The van der Waals surface area contributed by atoms with Crippen molar-refractivity contribution in [1.82, 2.24) is 14.8 Å². The molecule has 0 radical (unpaired) electrons. The van der Waals surface area contributed by atoms with E-state index in [9.17, 15) is 9.59 Å². The standard InChI is InChI=1S/C13H19N3O2/c1-3-16-7-6-10(9-16)8-14-11-4-5-12(17)15(2)13(11)18/h6-7,9,11,14H,3-5,8H2,1-2H3. The molecule has 1 aliphatic rings. The van der Waals surface area contributed by atoms with Gasteiger partial charge in [-0.25, -0.2) is 0 Å². The summed E-state index contributed by atoms with van der Waals surface area (Å²) in [5.41, 5.74) is 1.16. The fourth-order valence-electron chi connectivity index (χ4n) is 2.14. The molecule has 0 aromatic carbocycles. The Labute approximate surface area is 107 Å². The Balaban J connectivity index is 1.90. The molecule has 1 fully saturated rings. The van der Waals surface area contributed by atoms with Gasteiger partial charge in [-0.3, -0.25) is 14.5 Å². The fraction of sp³-hybridized carbons (Fsp3) is 0.538. The normalized spacial score (nSPS) is 20.6. The number of aromatic nitrogens is 1. The summed E-state index contributed by atoms with van der Waals surface area (Å²) in [6.45, 7) is 3.69. The molecule has 5 heteroatoms. The first-order valence-corrected chi connectivity index (χ1v) is 6.30. The molecule has 0 aliphatic carbocycles. The van der Waals surface area contributed by atoms with E-state index in [0.29, 0.717) is 19.4 Å². The quantitative estimate of drug-likeness (QED) is 0.801. The van der Waals surface area contributed by atoms with Crippen LogP contribution in [0.2, 0.25) is 0 Å². The van der Waals surface area contributed by atoms with Crippen molar-refractivity contribution in [1.29, 1.82) is 0 Å². The Morgan fingerprint density at radius 1 is 1.44 bits per heavy atom. The lowest BCUT2D eigenvalue weighted by molar-refractivity contribution is -0.148. The highest BCUT2D eigenvalue weighted by Crippen LogP contribution is 2.12. The molecule has 2 rings (SSSR count). The van der Waals surface area contributed by atoms with E-state index in [-0.39, 0.29) is 17.9 Å². The van der Waals surface area contributed by atoms with Crippen molar-refractivity contribution >= 4 is 11.8 Å². The van der Waals surface area contributed by atoms with Crippen LogP contribution in [0.4, 0.5) is 0 Å². The van der Waals surface area contributed by atoms with Gasteiger partial charge in [-0.15, -0.1) is 0 Å². The van der Waals surface area contributed by atoms with Crippen molar-refractivity contribution in [2.75, 3.05) is 7.05 Å². The third kappa shape index (κ3) is 2.61. The highest BCUT2D eigenvalue weighted by Gasteiger charge is 2.31. The van der Waals surface area contributed by atoms with Crippen molar-refractivity contribution in [3.05, 3.63) is 24.0 Å². The van der Waals surface area contributed by atoms with E-state index in [1.165, 1.54) is 4.90 Å². The van der Waals surface area contributed by atoms with E-state index in [1.54, 1.807) is 7.05 Å². The minimum Gasteiger partial charge on any atom is -0.354 e. The number of aryl methyl sites for hydroxylation is 1. The SMILES string of the molecule is CCn1ccc(CNC2CCC(=O)N(C)C2=O)c1. The number of rotatable bonds is 4. The fourth-order valence-corrected chi connectivity index (χ4v) is 2.14. The number of likely N-dealkylation sites (tertiary alicyclic amines) is 1. The lowest BCUT2D eigenvalue weighted by Crippen LogP contribution is -2.51. The van der Waals surface area contributed by atoms with Crippen LogP contribution >= 0.6 is 0 Å². The lowest BCUT2D eigenvalue weighted by atomic mass is 10.0. The minimum absolute atomic E-state index is 0.0878. The van der Waals surface area contributed by atoms with Gasteiger partial charge in [0.15, 0.2) is 0 Å². The summed E-state index contributed by atoms with van der Waals surface area (Å²) in [6, 6.07) is 1.80. The summed E-state index contributed by atoms with van der Waals surface area (Å²) >= 11 is 0. The van der Waals surface area contributed by atoms with Crippen LogP contribution in [0.1, 0.15) is 25.3 Å². The van der Waals surface area contributed by atoms with E-state index in [0.717, 1.165) is 12.1 Å². The third-order valence-electron chi connectivity index (χ3n) is 3.38. The lowest BCUT2D eigenvalue weighted by Gasteiger charge is -2.28. The Morgan fingerprint density at radius 3 is 2.89 bits per heavy atom. The smallest absolute Gasteiger partial charge is 0.246 e. The van der Waals surface area contributed by atoms with Gasteiger partial charge >= 0.3 is 0 Å². The van der Waals surface area contributed by atoms with Gasteiger partial charge in [0.05, 0.1) is 6.04 Å². The second-order valence-electron chi connectivity index (χ2n) is 4.61. The Bertz CT molecular complexity index is 453. The highest BCUT2D eigenvalue weighted by molar-refractivity contribution is 6.00. The molecule has 0 bridgehead atoms. The predicted molar refractivity (Wildman–Crippen MR) is 67.7 cm³/mol. The Kier molecular flexibility index (Phi) is 3.81. The molecule has 0 saturated carbocycles. The number of imide groups is 1. The first-order chi connectivity index (χ1) is 8.61. The molecule has 1 aromatic heterocycles. The largest absolute Gasteiger partial charge is 0.354 e.